The minimum Gasteiger partial charge on any atom is -0.380 e. The molecule has 0 aromatic carbocycles. The van der Waals surface area contributed by atoms with Crippen LogP contribution < -0.4 is 5.32 Å². The predicted octanol–water partition coefficient (Wildman–Crippen LogP) is 2.20. The van der Waals surface area contributed by atoms with Gasteiger partial charge in [-0.2, -0.15) is 22.5 Å². The molecule has 0 radical (unpaired) electrons. The lowest BCUT2D eigenvalue weighted by Gasteiger charge is -2.22. The van der Waals surface area contributed by atoms with Crippen LogP contribution in [0.15, 0.2) is 0 Å². The molecule has 8 heteroatoms. The molecule has 2 rings (SSSR count). The lowest BCUT2D eigenvalue weighted by atomic mass is 10.2. The zero-order valence-corrected chi connectivity index (χ0v) is 10.1. The molecule has 1 aromatic rings. The average Bonchev–Trinajstić information content (AvgIpc) is 2.78. The van der Waals surface area contributed by atoms with Crippen LogP contribution in [-0.4, -0.2) is 30.5 Å². The maximum atomic E-state index is 13.3. The summed E-state index contributed by atoms with van der Waals surface area (Å²) in [5.41, 5.74) is -0.883. The number of nitrogens with one attached hydrogen (secondary N) is 1. The number of pyridine rings is 1. The van der Waals surface area contributed by atoms with E-state index in [2.05, 4.69) is 10.3 Å². The third-order valence-electron chi connectivity index (χ3n) is 2.78. The van der Waals surface area contributed by atoms with Crippen LogP contribution in [0.2, 0.25) is 0 Å². The molecule has 0 bridgehead atoms. The molecule has 0 unspecified atom stereocenters. The molecule has 1 aliphatic rings. The number of anilines is 1. The number of hydrogen-bond donors (Lipinski definition) is 1. The van der Waals surface area contributed by atoms with Crippen LogP contribution in [0, 0.1) is 23.5 Å². The van der Waals surface area contributed by atoms with Crippen LogP contribution in [0.25, 0.3) is 0 Å². The molecule has 1 aromatic heterocycles. The second kappa shape index (κ2) is 5.30. The molecule has 0 spiro atoms. The topological polar surface area (TPSA) is 43.4 Å². The van der Waals surface area contributed by atoms with E-state index in [1.807, 2.05) is 0 Å². The number of halogens is 4. The maximum absolute atomic E-state index is 13.3. The Kier molecular flexibility index (Phi) is 3.91. The van der Waals surface area contributed by atoms with Crippen molar-refractivity contribution >= 4 is 5.69 Å². The van der Waals surface area contributed by atoms with Crippen molar-refractivity contribution < 1.29 is 27.0 Å². The van der Waals surface area contributed by atoms with Crippen molar-refractivity contribution in [2.75, 3.05) is 25.1 Å². The smallest absolute Gasteiger partial charge is 0.253 e. The van der Waals surface area contributed by atoms with Crippen LogP contribution in [0.5, 0.6) is 0 Å². The summed E-state index contributed by atoms with van der Waals surface area (Å²) < 4.78 is 62.8. The van der Waals surface area contributed by atoms with Gasteiger partial charge in [-0.1, -0.05) is 0 Å². The molecule has 0 atom stereocenters. The van der Waals surface area contributed by atoms with Crippen molar-refractivity contribution in [1.29, 1.82) is 0 Å². The van der Waals surface area contributed by atoms with Gasteiger partial charge in [-0.3, -0.25) is 0 Å². The highest BCUT2D eigenvalue weighted by molar-refractivity contribution is 5.45. The molecule has 19 heavy (non-hydrogen) atoms. The summed E-state index contributed by atoms with van der Waals surface area (Å²) in [7, 11) is 0. The molecule has 1 aliphatic heterocycles. The summed E-state index contributed by atoms with van der Waals surface area (Å²) in [5.74, 6) is -7.36. The molecule has 1 saturated heterocycles. The largest absolute Gasteiger partial charge is 0.380 e. The van der Waals surface area contributed by atoms with Gasteiger partial charge in [-0.25, -0.2) is 0 Å². The van der Waals surface area contributed by atoms with Crippen LogP contribution in [0.1, 0.15) is 13.3 Å². The lowest BCUT2D eigenvalue weighted by molar-refractivity contribution is -0.144. The Bertz CT molecular complexity index is 452. The van der Waals surface area contributed by atoms with Crippen molar-refractivity contribution in [3.05, 3.63) is 23.5 Å². The highest BCUT2D eigenvalue weighted by atomic mass is 19.2. The second-order valence-electron chi connectivity index (χ2n) is 4.20. The zero-order chi connectivity index (χ0) is 14.0. The summed E-state index contributed by atoms with van der Waals surface area (Å²) in [6.07, 6.45) is 0.261. The Morgan fingerprint density at radius 2 is 1.63 bits per heavy atom. The normalized spacial score (nSPS) is 17.7. The maximum Gasteiger partial charge on any atom is 0.253 e. The lowest BCUT2D eigenvalue weighted by Crippen LogP contribution is -2.28. The summed E-state index contributed by atoms with van der Waals surface area (Å²) >= 11 is 0. The fourth-order valence-corrected chi connectivity index (χ4v) is 1.76. The monoisotopic (exact) mass is 280 g/mol. The molecule has 2 heterocycles. The molecule has 1 N–H and O–H groups in total. The molecular weight excluding hydrogens is 268 g/mol. The Balaban J connectivity index is 2.03. The summed E-state index contributed by atoms with van der Waals surface area (Å²) in [5, 5.41) is 2.28. The van der Waals surface area contributed by atoms with Gasteiger partial charge in [0.2, 0.25) is 11.6 Å². The minimum absolute atomic E-state index is 0.0211. The van der Waals surface area contributed by atoms with Gasteiger partial charge in [0, 0.05) is 13.0 Å². The third kappa shape index (κ3) is 2.95. The highest BCUT2D eigenvalue weighted by Crippen LogP contribution is 2.25. The van der Waals surface area contributed by atoms with Gasteiger partial charge < -0.3 is 14.8 Å². The van der Waals surface area contributed by atoms with E-state index in [4.69, 9.17) is 9.47 Å². The van der Waals surface area contributed by atoms with Crippen LogP contribution in [0.3, 0.4) is 0 Å². The second-order valence-corrected chi connectivity index (χ2v) is 4.20. The molecule has 1 fully saturated rings. The SMILES string of the molecule is CC1(CCNc2c(F)c(F)nc(F)c2F)OCCO1. The van der Waals surface area contributed by atoms with E-state index in [9.17, 15) is 17.6 Å². The predicted molar refractivity (Wildman–Crippen MR) is 57.5 cm³/mol. The fraction of sp³-hybridized carbons (Fsp3) is 0.545. The molecular formula is C11H12F4N2O2. The fourth-order valence-electron chi connectivity index (χ4n) is 1.76. The molecule has 0 amide bonds. The van der Waals surface area contributed by atoms with Crippen molar-refractivity contribution in [2.24, 2.45) is 0 Å². The number of aromatic nitrogens is 1. The summed E-state index contributed by atoms with van der Waals surface area (Å²) in [4.78, 5) is 2.46. The van der Waals surface area contributed by atoms with Gasteiger partial charge in [0.15, 0.2) is 5.79 Å². The van der Waals surface area contributed by atoms with Crippen molar-refractivity contribution in [1.82, 2.24) is 4.98 Å². The van der Waals surface area contributed by atoms with Gasteiger partial charge >= 0.3 is 0 Å². The first-order valence-electron chi connectivity index (χ1n) is 5.65. The van der Waals surface area contributed by atoms with Crippen LogP contribution in [0.4, 0.5) is 23.2 Å². The summed E-state index contributed by atoms with van der Waals surface area (Å²) in [6, 6.07) is 0. The molecule has 0 aliphatic carbocycles. The zero-order valence-electron chi connectivity index (χ0n) is 10.1. The Morgan fingerprint density at radius 3 is 2.16 bits per heavy atom. The number of rotatable bonds is 4. The van der Waals surface area contributed by atoms with E-state index in [1.165, 1.54) is 0 Å². The van der Waals surface area contributed by atoms with E-state index in [1.54, 1.807) is 6.92 Å². The number of hydrogen-bond acceptors (Lipinski definition) is 4. The Hall–Kier alpha value is -1.41. The van der Waals surface area contributed by atoms with E-state index in [0.717, 1.165) is 0 Å². The van der Waals surface area contributed by atoms with Crippen molar-refractivity contribution in [2.45, 2.75) is 19.1 Å². The van der Waals surface area contributed by atoms with E-state index in [0.29, 0.717) is 13.2 Å². The number of ether oxygens (including phenoxy) is 2. The van der Waals surface area contributed by atoms with Gasteiger partial charge in [-0.05, 0) is 6.92 Å². The first-order chi connectivity index (χ1) is 8.93. The molecule has 0 saturated carbocycles. The highest BCUT2D eigenvalue weighted by Gasteiger charge is 2.30. The first-order valence-corrected chi connectivity index (χ1v) is 5.65. The van der Waals surface area contributed by atoms with Crippen LogP contribution in [-0.2, 0) is 9.47 Å². The van der Waals surface area contributed by atoms with Crippen molar-refractivity contribution in [3.8, 4) is 0 Å². The number of nitrogens with zero attached hydrogens (tertiary/aromatic N) is 1. The van der Waals surface area contributed by atoms with E-state index < -0.39 is 35.0 Å². The van der Waals surface area contributed by atoms with Gasteiger partial charge in [0.25, 0.3) is 11.9 Å². The van der Waals surface area contributed by atoms with Crippen molar-refractivity contribution in [3.63, 3.8) is 0 Å². The standard InChI is InChI=1S/C11H12F4N2O2/c1-11(18-4-5-19-11)2-3-16-8-6(12)9(14)17-10(15)7(8)13/h2-5H2,1H3,(H,16,17). The average molecular weight is 280 g/mol. The van der Waals surface area contributed by atoms with Gasteiger partial charge in [-0.15, -0.1) is 0 Å². The van der Waals surface area contributed by atoms with Crippen LogP contribution >= 0.6 is 0 Å². The van der Waals surface area contributed by atoms with Gasteiger partial charge in [0.05, 0.1) is 13.2 Å². The molecule has 4 nitrogen and oxygen atoms in total. The van der Waals surface area contributed by atoms with Gasteiger partial charge in [0.1, 0.15) is 5.69 Å². The van der Waals surface area contributed by atoms with E-state index >= 15 is 0 Å². The summed E-state index contributed by atoms with van der Waals surface area (Å²) in [6.45, 7) is 2.55. The first kappa shape index (κ1) is 14.0. The Labute approximate surface area is 106 Å². The Morgan fingerprint density at radius 1 is 1.11 bits per heavy atom. The quantitative estimate of drug-likeness (QED) is 0.678. The molecule has 106 valence electrons. The minimum atomic E-state index is -1.69. The van der Waals surface area contributed by atoms with E-state index in [-0.39, 0.29) is 13.0 Å². The third-order valence-corrected chi connectivity index (χ3v) is 2.78.